The first-order chi connectivity index (χ1) is 8.70. The molecular weight excluding hydrogens is 240 g/mol. The first kappa shape index (κ1) is 13.2. The minimum absolute atomic E-state index is 0.0621. The topological polar surface area (TPSA) is 17.1 Å². The van der Waals surface area contributed by atoms with E-state index in [1.807, 2.05) is 36.4 Å². The summed E-state index contributed by atoms with van der Waals surface area (Å²) in [6.07, 6.45) is 10.1. The zero-order valence-electron chi connectivity index (χ0n) is 10.5. The normalized spacial score (nSPS) is 26.2. The monoisotopic (exact) mass is 258 g/mol. The molecule has 94 valence electrons. The van der Waals surface area contributed by atoms with E-state index >= 15 is 0 Å². The lowest BCUT2D eigenvalue weighted by molar-refractivity contribution is -0.114. The molecule has 2 atom stereocenters. The molecule has 2 rings (SSSR count). The van der Waals surface area contributed by atoms with E-state index in [2.05, 4.69) is 37.8 Å². The zero-order valence-corrected chi connectivity index (χ0v) is 11.4. The van der Waals surface area contributed by atoms with E-state index in [4.69, 9.17) is 0 Å². The van der Waals surface area contributed by atoms with Crippen molar-refractivity contribution < 1.29 is 4.79 Å². The highest BCUT2D eigenvalue weighted by molar-refractivity contribution is 7.96. The fourth-order valence-electron chi connectivity index (χ4n) is 2.80. The molecule has 0 fully saturated rings. The number of carbonyl (C=O) groups is 1. The minimum atomic E-state index is -0.233. The Labute approximate surface area is 114 Å². The Hall–Kier alpha value is -1.28. The molecule has 1 aromatic carbocycles. The van der Waals surface area contributed by atoms with Gasteiger partial charge in [0.1, 0.15) is 0 Å². The Balaban J connectivity index is 2.52. The lowest BCUT2D eigenvalue weighted by atomic mass is 9.66. The molecule has 0 aliphatic heterocycles. The van der Waals surface area contributed by atoms with E-state index in [0.717, 1.165) is 12.8 Å². The fourth-order valence-corrected chi connectivity index (χ4v) is 3.12. The summed E-state index contributed by atoms with van der Waals surface area (Å²) in [5, 5.41) is -0.0621. The number of hydrogen-bond acceptors (Lipinski definition) is 1. The molecule has 2 unspecified atom stereocenters. The van der Waals surface area contributed by atoms with Crippen LogP contribution in [0, 0.1) is 5.92 Å². The average Bonchev–Trinajstić information content (AvgIpc) is 2.40. The van der Waals surface area contributed by atoms with Crippen molar-refractivity contribution in [3.63, 3.8) is 0 Å². The quantitative estimate of drug-likeness (QED) is 0.810. The van der Waals surface area contributed by atoms with Gasteiger partial charge in [-0.2, -0.15) is 0 Å². The predicted molar refractivity (Wildman–Crippen MR) is 78.8 cm³/mol. The van der Waals surface area contributed by atoms with Crippen LogP contribution in [0.4, 0.5) is 0 Å². The predicted octanol–water partition coefficient (Wildman–Crippen LogP) is 3.92. The van der Waals surface area contributed by atoms with Crippen molar-refractivity contribution in [3.8, 4) is 0 Å². The van der Waals surface area contributed by atoms with Crippen LogP contribution in [0.3, 0.4) is 0 Å². The second-order valence-corrected chi connectivity index (χ2v) is 5.16. The summed E-state index contributed by atoms with van der Waals surface area (Å²) in [4.78, 5) is 11.8. The highest BCUT2D eigenvalue weighted by Gasteiger charge is 2.40. The molecule has 1 aliphatic carbocycles. The third-order valence-electron chi connectivity index (χ3n) is 3.60. The van der Waals surface area contributed by atoms with Gasteiger partial charge < -0.3 is 0 Å². The largest absolute Gasteiger partial charge is 0.287 e. The van der Waals surface area contributed by atoms with Crippen LogP contribution in [0.2, 0.25) is 0 Å². The lowest BCUT2D eigenvalue weighted by Gasteiger charge is -2.37. The molecule has 0 amide bonds. The maximum absolute atomic E-state index is 11.8. The third kappa shape index (κ3) is 2.30. The molecule has 1 aromatic rings. The average molecular weight is 258 g/mol. The number of carbonyl (C=O) groups excluding carboxylic acids is 1. The number of thiol groups is 1. The lowest BCUT2D eigenvalue weighted by Crippen LogP contribution is -2.36. The SMILES string of the molecule is CCCC1(c2ccccc2)C=CC=CC1C(=O)S. The van der Waals surface area contributed by atoms with Crippen LogP contribution >= 0.6 is 12.6 Å². The van der Waals surface area contributed by atoms with Crippen molar-refractivity contribution in [2.75, 3.05) is 0 Å². The maximum atomic E-state index is 11.8. The Morgan fingerprint density at radius 2 is 2.00 bits per heavy atom. The second-order valence-electron chi connectivity index (χ2n) is 4.72. The third-order valence-corrected chi connectivity index (χ3v) is 3.88. The van der Waals surface area contributed by atoms with Crippen LogP contribution in [0.5, 0.6) is 0 Å². The first-order valence-electron chi connectivity index (χ1n) is 6.35. The zero-order chi connectivity index (χ0) is 13.0. The van der Waals surface area contributed by atoms with Crippen LogP contribution in [0.15, 0.2) is 54.6 Å². The maximum Gasteiger partial charge on any atom is 0.193 e. The van der Waals surface area contributed by atoms with Crippen LogP contribution in [0.1, 0.15) is 25.3 Å². The van der Waals surface area contributed by atoms with Crippen LogP contribution in [-0.4, -0.2) is 5.12 Å². The Bertz CT molecular complexity index is 475. The molecule has 0 aromatic heterocycles. The summed E-state index contributed by atoms with van der Waals surface area (Å²) in [6, 6.07) is 10.3. The molecule has 2 heteroatoms. The van der Waals surface area contributed by atoms with Gasteiger partial charge in [0, 0.05) is 5.41 Å². The number of benzene rings is 1. The van der Waals surface area contributed by atoms with Gasteiger partial charge in [0.25, 0.3) is 0 Å². The van der Waals surface area contributed by atoms with E-state index in [1.165, 1.54) is 5.56 Å². The van der Waals surface area contributed by atoms with Gasteiger partial charge in [-0.05, 0) is 12.0 Å². The van der Waals surface area contributed by atoms with E-state index in [1.54, 1.807) is 0 Å². The van der Waals surface area contributed by atoms with Crippen molar-refractivity contribution in [2.24, 2.45) is 5.92 Å². The Morgan fingerprint density at radius 3 is 2.61 bits per heavy atom. The summed E-state index contributed by atoms with van der Waals surface area (Å²) in [6.45, 7) is 2.15. The summed E-state index contributed by atoms with van der Waals surface area (Å²) >= 11 is 4.07. The fraction of sp³-hybridized carbons (Fsp3) is 0.312. The first-order valence-corrected chi connectivity index (χ1v) is 6.80. The standard InChI is InChI=1S/C16H18OS/c1-2-11-16(13-8-4-3-5-9-13)12-7-6-10-14(16)15(17)18/h3-10,12,14H,2,11H2,1H3,(H,17,18). The van der Waals surface area contributed by atoms with Crippen molar-refractivity contribution in [3.05, 3.63) is 60.2 Å². The molecular formula is C16H18OS. The van der Waals surface area contributed by atoms with Crippen LogP contribution < -0.4 is 0 Å². The number of rotatable bonds is 4. The van der Waals surface area contributed by atoms with Gasteiger partial charge in [-0.15, -0.1) is 12.6 Å². The Morgan fingerprint density at radius 1 is 1.28 bits per heavy atom. The highest BCUT2D eigenvalue weighted by atomic mass is 32.1. The summed E-state index contributed by atoms with van der Waals surface area (Å²) in [5.74, 6) is -0.173. The minimum Gasteiger partial charge on any atom is -0.287 e. The summed E-state index contributed by atoms with van der Waals surface area (Å²) < 4.78 is 0. The molecule has 0 N–H and O–H groups in total. The Kier molecular flexibility index (Phi) is 4.07. The second kappa shape index (κ2) is 5.57. The molecule has 1 aliphatic rings. The van der Waals surface area contributed by atoms with Gasteiger partial charge in [0.05, 0.1) is 5.92 Å². The molecule has 0 heterocycles. The van der Waals surface area contributed by atoms with Gasteiger partial charge in [0.2, 0.25) is 0 Å². The molecule has 0 radical (unpaired) electrons. The molecule has 0 saturated heterocycles. The van der Waals surface area contributed by atoms with E-state index in [0.29, 0.717) is 0 Å². The van der Waals surface area contributed by atoms with E-state index < -0.39 is 0 Å². The van der Waals surface area contributed by atoms with Gasteiger partial charge in [-0.1, -0.05) is 68.0 Å². The molecule has 0 spiro atoms. The van der Waals surface area contributed by atoms with Crippen molar-refractivity contribution in [2.45, 2.75) is 25.2 Å². The molecule has 18 heavy (non-hydrogen) atoms. The number of hydrogen-bond donors (Lipinski definition) is 1. The van der Waals surface area contributed by atoms with E-state index in [-0.39, 0.29) is 16.4 Å². The van der Waals surface area contributed by atoms with Crippen molar-refractivity contribution in [1.29, 1.82) is 0 Å². The summed E-state index contributed by atoms with van der Waals surface area (Å²) in [5.41, 5.74) is 0.962. The van der Waals surface area contributed by atoms with Crippen molar-refractivity contribution in [1.82, 2.24) is 0 Å². The highest BCUT2D eigenvalue weighted by Crippen LogP contribution is 2.42. The van der Waals surface area contributed by atoms with Gasteiger partial charge in [0.15, 0.2) is 5.12 Å². The molecule has 0 bridgehead atoms. The molecule has 1 nitrogen and oxygen atoms in total. The van der Waals surface area contributed by atoms with Crippen LogP contribution in [-0.2, 0) is 10.2 Å². The van der Waals surface area contributed by atoms with Crippen molar-refractivity contribution >= 4 is 17.7 Å². The van der Waals surface area contributed by atoms with E-state index in [9.17, 15) is 4.79 Å². The smallest absolute Gasteiger partial charge is 0.193 e. The van der Waals surface area contributed by atoms with Gasteiger partial charge in [-0.3, -0.25) is 4.79 Å². The molecule has 0 saturated carbocycles. The van der Waals surface area contributed by atoms with Gasteiger partial charge in [-0.25, -0.2) is 0 Å². The van der Waals surface area contributed by atoms with Crippen LogP contribution in [0.25, 0.3) is 0 Å². The van der Waals surface area contributed by atoms with Gasteiger partial charge >= 0.3 is 0 Å². The number of allylic oxidation sites excluding steroid dienone is 4. The summed E-state index contributed by atoms with van der Waals surface area (Å²) in [7, 11) is 0.